The highest BCUT2D eigenvalue weighted by Crippen LogP contribution is 2.61. The molecule has 0 N–H and O–H groups in total. The molecule has 67 heavy (non-hydrogen) atoms. The molecule has 0 saturated carbocycles. The number of rotatable bonds is 4. The van der Waals surface area contributed by atoms with E-state index in [0.29, 0.717) is 0 Å². The normalized spacial score (nSPS) is 13.4. The molecule has 4 heteroatoms. The van der Waals surface area contributed by atoms with Crippen molar-refractivity contribution in [1.29, 1.82) is 0 Å². The molecule has 2 aliphatic carbocycles. The molecule has 0 atom stereocenters. The Morgan fingerprint density at radius 1 is 0.373 bits per heavy atom. The molecule has 0 amide bonds. The maximum atomic E-state index is 2.60. The predicted octanol–water partition coefficient (Wildman–Crippen LogP) is 17.8. The first kappa shape index (κ1) is 37.2. The van der Waals surface area contributed by atoms with Crippen molar-refractivity contribution >= 4 is 114 Å². The van der Waals surface area contributed by atoms with Gasteiger partial charge in [0, 0.05) is 68.2 Å². The summed E-state index contributed by atoms with van der Waals surface area (Å²) in [5.41, 5.74) is 16.8. The minimum absolute atomic E-state index is 0.609. The van der Waals surface area contributed by atoms with Crippen molar-refractivity contribution in [2.24, 2.45) is 0 Å². The highest BCUT2D eigenvalue weighted by atomic mass is 32.1. The summed E-state index contributed by atoms with van der Waals surface area (Å²) in [4.78, 5) is 2.37. The number of hydrogen-bond donors (Lipinski definition) is 0. The molecular formula is C63H38N2S2. The van der Waals surface area contributed by atoms with Gasteiger partial charge in [0.15, 0.2) is 0 Å². The van der Waals surface area contributed by atoms with Crippen molar-refractivity contribution in [2.45, 2.75) is 5.41 Å². The number of thiophene rings is 2. The van der Waals surface area contributed by atoms with E-state index in [0.717, 1.165) is 17.1 Å². The number of benzene rings is 10. The summed E-state index contributed by atoms with van der Waals surface area (Å²) in [6.45, 7) is 0. The number of para-hydroxylation sites is 3. The molecule has 15 rings (SSSR count). The summed E-state index contributed by atoms with van der Waals surface area (Å²) in [5.74, 6) is 0. The molecule has 3 aromatic heterocycles. The summed E-state index contributed by atoms with van der Waals surface area (Å²) >= 11 is 3.84. The van der Waals surface area contributed by atoms with Gasteiger partial charge in [0.2, 0.25) is 0 Å². The highest BCUT2D eigenvalue weighted by molar-refractivity contribution is 7.26. The molecule has 2 aliphatic rings. The Morgan fingerprint density at radius 2 is 0.970 bits per heavy atom. The van der Waals surface area contributed by atoms with E-state index < -0.39 is 5.41 Å². The Hall–Kier alpha value is -8.02. The minimum atomic E-state index is -0.609. The average Bonchev–Trinajstić information content (AvgIpc) is 4.11. The second-order valence-electron chi connectivity index (χ2n) is 17.9. The fraction of sp³-hybridized carbons (Fsp3) is 0.0159. The second kappa shape index (κ2) is 14.0. The third kappa shape index (κ3) is 5.09. The molecule has 3 heterocycles. The van der Waals surface area contributed by atoms with Gasteiger partial charge < -0.3 is 9.47 Å². The van der Waals surface area contributed by atoms with E-state index in [4.69, 9.17) is 0 Å². The monoisotopic (exact) mass is 886 g/mol. The first-order chi connectivity index (χ1) is 33.2. The fourth-order valence-corrected chi connectivity index (χ4v) is 14.3. The lowest BCUT2D eigenvalue weighted by Gasteiger charge is -2.36. The third-order valence-electron chi connectivity index (χ3n) is 14.6. The van der Waals surface area contributed by atoms with Crippen molar-refractivity contribution in [3.8, 4) is 16.8 Å². The summed E-state index contributed by atoms with van der Waals surface area (Å²) in [6.07, 6.45) is 4.88. The number of anilines is 3. The molecule has 0 fully saturated rings. The molecule has 0 bridgehead atoms. The van der Waals surface area contributed by atoms with Crippen LogP contribution in [0.2, 0.25) is 0 Å². The van der Waals surface area contributed by atoms with Crippen LogP contribution in [0, 0.1) is 0 Å². The maximum Gasteiger partial charge on any atom is 0.0726 e. The van der Waals surface area contributed by atoms with E-state index >= 15 is 0 Å². The molecule has 1 spiro atoms. The number of hydrogen-bond acceptors (Lipinski definition) is 3. The van der Waals surface area contributed by atoms with E-state index in [9.17, 15) is 0 Å². The van der Waals surface area contributed by atoms with Crippen molar-refractivity contribution < 1.29 is 0 Å². The second-order valence-corrected chi connectivity index (χ2v) is 20.1. The topological polar surface area (TPSA) is 8.17 Å². The standard InChI is InChI=1S/C63H38N2S2/c1-3-17-40(18-4-1)64(41-19-5-2-6-20-41)42-32-34-56-49(36-42)45-23-9-14-28-55(45)65(56)57-37-54-47(62-61(57)48-25-11-16-30-59(48)67-62)33-31-39-35-50-46-24-10-15-29-58(46)66-60(50)38-53(39)63(54)51-26-12-7-21-43(51)44-22-8-13-27-52(44)63/h1-38H. The van der Waals surface area contributed by atoms with E-state index in [-0.39, 0.29) is 0 Å². The van der Waals surface area contributed by atoms with Gasteiger partial charge in [-0.15, -0.1) is 22.7 Å². The van der Waals surface area contributed by atoms with Crippen LogP contribution in [0.15, 0.2) is 218 Å². The number of fused-ring (bicyclic) bond motifs is 19. The van der Waals surface area contributed by atoms with Gasteiger partial charge in [-0.3, -0.25) is 0 Å². The van der Waals surface area contributed by atoms with Crippen LogP contribution in [0.4, 0.5) is 17.1 Å². The van der Waals surface area contributed by atoms with Crippen LogP contribution in [0.5, 0.6) is 0 Å². The molecule has 0 radical (unpaired) electrons. The van der Waals surface area contributed by atoms with Gasteiger partial charge in [0.1, 0.15) is 0 Å². The van der Waals surface area contributed by atoms with E-state index in [1.54, 1.807) is 0 Å². The van der Waals surface area contributed by atoms with Crippen LogP contribution < -0.4 is 4.90 Å². The van der Waals surface area contributed by atoms with Crippen molar-refractivity contribution in [3.05, 3.63) is 252 Å². The largest absolute Gasteiger partial charge is 0.310 e. The van der Waals surface area contributed by atoms with Crippen LogP contribution in [-0.2, 0) is 5.41 Å². The van der Waals surface area contributed by atoms with Crippen LogP contribution in [0.3, 0.4) is 0 Å². The van der Waals surface area contributed by atoms with Crippen LogP contribution in [0.1, 0.15) is 33.4 Å². The van der Waals surface area contributed by atoms with Gasteiger partial charge in [-0.2, -0.15) is 0 Å². The third-order valence-corrected chi connectivity index (χ3v) is 16.9. The zero-order valence-electron chi connectivity index (χ0n) is 36.2. The van der Waals surface area contributed by atoms with Gasteiger partial charge >= 0.3 is 0 Å². The van der Waals surface area contributed by atoms with Crippen LogP contribution in [0.25, 0.3) is 91.1 Å². The van der Waals surface area contributed by atoms with Gasteiger partial charge in [-0.05, 0) is 123 Å². The van der Waals surface area contributed by atoms with Crippen LogP contribution >= 0.6 is 22.7 Å². The molecular weight excluding hydrogens is 849 g/mol. The zero-order valence-corrected chi connectivity index (χ0v) is 37.8. The van der Waals surface area contributed by atoms with Crippen LogP contribution in [-0.4, -0.2) is 4.57 Å². The molecule has 312 valence electrons. The van der Waals surface area contributed by atoms with Crippen molar-refractivity contribution in [3.63, 3.8) is 0 Å². The van der Waals surface area contributed by atoms with Crippen molar-refractivity contribution in [2.75, 3.05) is 4.90 Å². The molecule has 13 aromatic rings. The minimum Gasteiger partial charge on any atom is -0.310 e. The van der Waals surface area contributed by atoms with E-state index in [1.165, 1.54) is 112 Å². The molecule has 10 aromatic carbocycles. The average molecular weight is 887 g/mol. The number of nitrogens with zero attached hydrogens (tertiary/aromatic N) is 2. The molecule has 0 unspecified atom stereocenters. The SMILES string of the molecule is C1=Cc2c(cc(-n3c4ccccc4c4cc(N(c5ccccc5)c5ccccc5)ccc43)c3c2sc2ccccc23)C2(c3cc4sc5ccccc5c4cc31)c1ccccc1-c1ccccc12. The quantitative estimate of drug-likeness (QED) is 0.171. The van der Waals surface area contributed by atoms with Crippen molar-refractivity contribution in [1.82, 2.24) is 4.57 Å². The molecule has 0 saturated heterocycles. The summed E-state index contributed by atoms with van der Waals surface area (Å²) in [5, 5.41) is 7.66. The Bertz CT molecular complexity index is 4140. The first-order valence-electron chi connectivity index (χ1n) is 23.0. The summed E-state index contributed by atoms with van der Waals surface area (Å²) < 4.78 is 7.83. The lowest BCUT2D eigenvalue weighted by molar-refractivity contribution is 0.769. The summed E-state index contributed by atoms with van der Waals surface area (Å²) in [7, 11) is 0. The number of aromatic nitrogens is 1. The predicted molar refractivity (Wildman–Crippen MR) is 287 cm³/mol. The molecule has 2 nitrogen and oxygen atoms in total. The Balaban J connectivity index is 1.09. The van der Waals surface area contributed by atoms with Gasteiger partial charge in [-0.1, -0.05) is 152 Å². The Kier molecular flexibility index (Phi) is 7.78. The lowest BCUT2D eigenvalue weighted by atomic mass is 9.65. The van der Waals surface area contributed by atoms with Gasteiger partial charge in [0.05, 0.1) is 22.1 Å². The van der Waals surface area contributed by atoms with Gasteiger partial charge in [0.25, 0.3) is 0 Å². The van der Waals surface area contributed by atoms with E-state index in [2.05, 4.69) is 240 Å². The van der Waals surface area contributed by atoms with E-state index in [1.807, 2.05) is 22.7 Å². The fourth-order valence-electron chi connectivity index (χ4n) is 11.9. The summed E-state index contributed by atoms with van der Waals surface area (Å²) in [6, 6.07) is 81.5. The maximum absolute atomic E-state index is 2.60. The highest BCUT2D eigenvalue weighted by Gasteiger charge is 2.49. The first-order valence-corrected chi connectivity index (χ1v) is 24.6. The lowest BCUT2D eigenvalue weighted by Crippen LogP contribution is -2.30. The smallest absolute Gasteiger partial charge is 0.0726 e. The zero-order chi connectivity index (χ0) is 43.8. The van der Waals surface area contributed by atoms with Gasteiger partial charge in [-0.25, -0.2) is 0 Å². The Morgan fingerprint density at radius 3 is 1.70 bits per heavy atom. The Labute approximate surface area is 395 Å². The molecule has 0 aliphatic heterocycles.